The molecule has 0 saturated heterocycles. The van der Waals surface area contributed by atoms with Crippen molar-refractivity contribution in [2.45, 2.75) is 6.92 Å². The first-order valence-electron chi connectivity index (χ1n) is 9.01. The summed E-state index contributed by atoms with van der Waals surface area (Å²) in [6.45, 7) is 4.57. The molecule has 1 radical (unpaired) electrons. The summed E-state index contributed by atoms with van der Waals surface area (Å²) in [6, 6.07) is 42.3. The SMILES string of the molecule is C[C-]=O.[CH-]=O.[Fe+3].c1cc[cH-]c1.c1ccc(P(c2ccccc2)c2ccccc2)cc1. The van der Waals surface area contributed by atoms with Crippen molar-refractivity contribution in [1.29, 1.82) is 0 Å². The van der Waals surface area contributed by atoms with E-state index in [-0.39, 0.29) is 17.1 Å². The molecule has 0 aliphatic rings. The quantitative estimate of drug-likeness (QED) is 0.195. The second-order valence-corrected chi connectivity index (χ2v) is 7.73. The van der Waals surface area contributed by atoms with Crippen molar-refractivity contribution in [3.8, 4) is 0 Å². The number of hydrogen-bond donors (Lipinski definition) is 0. The Balaban J connectivity index is 0.000000643. The molecule has 153 valence electrons. The Morgan fingerprint density at radius 3 is 1.10 bits per heavy atom. The van der Waals surface area contributed by atoms with E-state index in [1.54, 1.807) is 0 Å². The first kappa shape index (κ1) is 27.3. The smallest absolute Gasteiger partial charge is 0.545 e. The number of hydrogen-bond acceptors (Lipinski definition) is 2. The molecule has 0 aliphatic carbocycles. The third kappa shape index (κ3) is 10.2. The number of rotatable bonds is 3. The van der Waals surface area contributed by atoms with Crippen LogP contribution < -0.4 is 15.9 Å². The van der Waals surface area contributed by atoms with E-state index in [0.29, 0.717) is 0 Å². The minimum absolute atomic E-state index is 0. The maximum atomic E-state index is 8.68. The molecule has 0 fully saturated rings. The van der Waals surface area contributed by atoms with E-state index in [1.807, 2.05) is 30.3 Å². The third-order valence-corrected chi connectivity index (χ3v) is 6.04. The van der Waals surface area contributed by atoms with E-state index in [4.69, 9.17) is 9.59 Å². The number of benzene rings is 3. The second-order valence-electron chi connectivity index (χ2n) is 5.51. The first-order valence-corrected chi connectivity index (χ1v) is 10.4. The van der Waals surface area contributed by atoms with Gasteiger partial charge in [0.1, 0.15) is 0 Å². The minimum Gasteiger partial charge on any atom is -0.545 e. The van der Waals surface area contributed by atoms with E-state index in [2.05, 4.69) is 97.8 Å². The molecule has 0 bridgehead atoms. The summed E-state index contributed by atoms with van der Waals surface area (Å²) in [5.41, 5.74) is 0. The van der Waals surface area contributed by atoms with Crippen molar-refractivity contribution in [3.63, 3.8) is 0 Å². The summed E-state index contributed by atoms with van der Waals surface area (Å²) in [6.07, 6.45) is 1.50. The van der Waals surface area contributed by atoms with Crippen molar-refractivity contribution in [2.75, 3.05) is 0 Å². The molecule has 0 N–H and O–H groups in total. The van der Waals surface area contributed by atoms with Crippen LogP contribution in [0.3, 0.4) is 0 Å². The predicted molar refractivity (Wildman–Crippen MR) is 125 cm³/mol. The molecular weight excluding hydrogens is 431 g/mol. The number of carbonyl (C=O) groups excluding carboxylic acids is 2. The van der Waals surface area contributed by atoms with Crippen LogP contribution in [0.1, 0.15) is 6.92 Å². The van der Waals surface area contributed by atoms with Gasteiger partial charge in [0.2, 0.25) is 0 Å². The zero-order valence-electron chi connectivity index (χ0n) is 16.7. The van der Waals surface area contributed by atoms with Gasteiger partial charge in [-0.2, -0.15) is 25.1 Å². The Bertz CT molecular complexity index is 756. The van der Waals surface area contributed by atoms with Gasteiger partial charge in [-0.05, 0) is 23.8 Å². The zero-order valence-corrected chi connectivity index (χ0v) is 18.7. The summed E-state index contributed by atoms with van der Waals surface area (Å²) in [5, 5.41) is 4.19. The molecule has 4 aromatic carbocycles. The first-order chi connectivity index (χ1) is 14.4. The third-order valence-electron chi connectivity index (χ3n) is 3.60. The molecular formula is C26H24FeO2P. The van der Waals surface area contributed by atoms with Gasteiger partial charge in [-0.15, -0.1) is 0 Å². The largest absolute Gasteiger partial charge is 3.00 e. The molecule has 0 amide bonds. The Labute approximate surface area is 191 Å². The zero-order chi connectivity index (χ0) is 21.2. The van der Waals surface area contributed by atoms with Crippen molar-refractivity contribution < 1.29 is 26.7 Å². The summed E-state index contributed by atoms with van der Waals surface area (Å²) >= 11 is 0. The Kier molecular flexibility index (Phi) is 16.7. The van der Waals surface area contributed by atoms with Crippen LogP contribution in [-0.4, -0.2) is 13.1 Å². The summed E-state index contributed by atoms with van der Waals surface area (Å²) in [4.78, 5) is 16.4. The van der Waals surface area contributed by atoms with Crippen LogP contribution in [0, 0.1) is 0 Å². The van der Waals surface area contributed by atoms with Crippen LogP contribution in [0.5, 0.6) is 0 Å². The fourth-order valence-electron chi connectivity index (χ4n) is 2.50. The fourth-order valence-corrected chi connectivity index (χ4v) is 4.80. The molecule has 0 spiro atoms. The van der Waals surface area contributed by atoms with E-state index in [0.717, 1.165) is 0 Å². The van der Waals surface area contributed by atoms with Crippen LogP contribution >= 0.6 is 7.92 Å². The molecule has 4 rings (SSSR count). The van der Waals surface area contributed by atoms with Crippen molar-refractivity contribution >= 4 is 36.9 Å². The van der Waals surface area contributed by atoms with Gasteiger partial charge in [-0.3, -0.25) is 13.1 Å². The Morgan fingerprint density at radius 1 is 0.633 bits per heavy atom. The van der Waals surface area contributed by atoms with Crippen molar-refractivity contribution in [2.24, 2.45) is 0 Å². The molecule has 0 aliphatic heterocycles. The molecule has 0 saturated carbocycles. The summed E-state index contributed by atoms with van der Waals surface area (Å²) < 4.78 is 0. The van der Waals surface area contributed by atoms with Gasteiger partial charge in [0, 0.05) is 0 Å². The van der Waals surface area contributed by atoms with E-state index in [9.17, 15) is 0 Å². The topological polar surface area (TPSA) is 34.1 Å². The van der Waals surface area contributed by atoms with Crippen LogP contribution in [0.2, 0.25) is 0 Å². The second kappa shape index (κ2) is 18.3. The van der Waals surface area contributed by atoms with Gasteiger partial charge in [-0.1, -0.05) is 91.0 Å². The Morgan fingerprint density at radius 2 is 0.900 bits per heavy atom. The van der Waals surface area contributed by atoms with Crippen LogP contribution in [0.4, 0.5) is 0 Å². The van der Waals surface area contributed by atoms with Gasteiger partial charge < -0.3 is 9.59 Å². The van der Waals surface area contributed by atoms with Crippen molar-refractivity contribution in [1.82, 2.24) is 0 Å². The van der Waals surface area contributed by atoms with E-state index < -0.39 is 7.92 Å². The van der Waals surface area contributed by atoms with Crippen LogP contribution in [0.25, 0.3) is 0 Å². The normalized spacial score (nSPS) is 8.60. The Hall–Kier alpha value is -2.70. The molecule has 4 heteroatoms. The van der Waals surface area contributed by atoms with Gasteiger partial charge in [-0.25, -0.2) is 12.1 Å². The predicted octanol–water partition coefficient (Wildman–Crippen LogP) is 4.69. The average molecular weight is 455 g/mol. The van der Waals surface area contributed by atoms with E-state index >= 15 is 0 Å². The van der Waals surface area contributed by atoms with E-state index in [1.165, 1.54) is 29.1 Å². The molecule has 0 aromatic heterocycles. The van der Waals surface area contributed by atoms with Gasteiger partial charge in [0.05, 0.1) is 0 Å². The van der Waals surface area contributed by atoms with Crippen molar-refractivity contribution in [3.05, 3.63) is 121 Å². The van der Waals surface area contributed by atoms with Gasteiger partial charge in [0.25, 0.3) is 0 Å². The minimum atomic E-state index is -0.446. The summed E-state index contributed by atoms with van der Waals surface area (Å²) in [5.74, 6) is 0. The van der Waals surface area contributed by atoms with Gasteiger partial charge >= 0.3 is 17.1 Å². The summed E-state index contributed by atoms with van der Waals surface area (Å²) in [7, 11) is -0.446. The standard InChI is InChI=1S/C18H15P.C5H5.C2H3O.CHO.Fe/c1-4-10-16(11-5-1)19(17-12-6-2-7-13-17)18-14-8-3-9-15-18;1-2-4-5-3-1;1-2-3;1-2;/h1-15H;1-5H;1H3;1H;/q;3*-1;+3. The fraction of sp³-hybridized carbons (Fsp3) is 0.0385. The monoisotopic (exact) mass is 455 g/mol. The molecule has 4 aromatic rings. The molecule has 0 unspecified atom stereocenters. The maximum absolute atomic E-state index is 8.68. The molecule has 2 nitrogen and oxygen atoms in total. The molecule has 0 heterocycles. The maximum Gasteiger partial charge on any atom is 3.00 e. The van der Waals surface area contributed by atoms with Crippen LogP contribution in [0.15, 0.2) is 121 Å². The molecule has 0 atom stereocenters. The van der Waals surface area contributed by atoms with Crippen LogP contribution in [-0.2, 0) is 26.7 Å². The average Bonchev–Trinajstić information content (AvgIpc) is 3.39. The van der Waals surface area contributed by atoms with Gasteiger partial charge in [0.15, 0.2) is 0 Å². The molecule has 30 heavy (non-hydrogen) atoms.